The van der Waals surface area contributed by atoms with Gasteiger partial charge in [-0.2, -0.15) is 0 Å². The molecule has 3 nitrogen and oxygen atoms in total. The lowest BCUT2D eigenvalue weighted by Gasteiger charge is -2.11. The average Bonchev–Trinajstić information content (AvgIpc) is 2.16. The summed E-state index contributed by atoms with van der Waals surface area (Å²) in [5, 5.41) is 0. The first kappa shape index (κ1) is 9.86. The van der Waals surface area contributed by atoms with Gasteiger partial charge in [0.05, 0.1) is 11.8 Å². The second kappa shape index (κ2) is 4.72. The van der Waals surface area contributed by atoms with E-state index in [9.17, 15) is 0 Å². The summed E-state index contributed by atoms with van der Waals surface area (Å²) >= 11 is 0. The molecule has 0 fully saturated rings. The van der Waals surface area contributed by atoms with E-state index in [0.29, 0.717) is 0 Å². The maximum Gasteiger partial charge on any atom is 0.0823 e. The molecule has 0 amide bonds. The molecule has 1 aromatic rings. The van der Waals surface area contributed by atoms with Crippen molar-refractivity contribution in [1.82, 2.24) is 0 Å². The van der Waals surface area contributed by atoms with Gasteiger partial charge in [0.25, 0.3) is 0 Å². The molecule has 0 spiro atoms. The number of rotatable bonds is 4. The number of nitrogens with one attached hydrogen (secondary N) is 1. The Labute approximate surface area is 78.8 Å². The third-order valence-corrected chi connectivity index (χ3v) is 1.86. The summed E-state index contributed by atoms with van der Waals surface area (Å²) in [7, 11) is 0. The van der Waals surface area contributed by atoms with Crippen molar-refractivity contribution < 1.29 is 4.84 Å². The van der Waals surface area contributed by atoms with Gasteiger partial charge in [-0.1, -0.05) is 6.92 Å². The molecule has 72 valence electrons. The first-order valence-electron chi connectivity index (χ1n) is 4.49. The Morgan fingerprint density at radius 3 is 2.54 bits per heavy atom. The summed E-state index contributed by atoms with van der Waals surface area (Å²) in [6, 6.07) is 7.44. The number of nitrogen functional groups attached to an aromatic ring is 1. The van der Waals surface area contributed by atoms with Gasteiger partial charge in [0.2, 0.25) is 0 Å². The summed E-state index contributed by atoms with van der Waals surface area (Å²) in [6.45, 7) is 4.10. The lowest BCUT2D eigenvalue weighted by Crippen LogP contribution is -2.11. The first-order valence-corrected chi connectivity index (χ1v) is 4.49. The molecule has 1 unspecified atom stereocenters. The van der Waals surface area contributed by atoms with E-state index in [1.807, 2.05) is 31.2 Å². The van der Waals surface area contributed by atoms with Crippen LogP contribution in [0.1, 0.15) is 20.3 Å². The summed E-state index contributed by atoms with van der Waals surface area (Å²) < 4.78 is 0. The summed E-state index contributed by atoms with van der Waals surface area (Å²) in [4.78, 5) is 5.33. The molecule has 0 heterocycles. The molecule has 0 saturated carbocycles. The smallest absolute Gasteiger partial charge is 0.0823 e. The lowest BCUT2D eigenvalue weighted by atomic mass is 10.3. The van der Waals surface area contributed by atoms with Gasteiger partial charge < -0.3 is 5.73 Å². The van der Waals surface area contributed by atoms with E-state index in [1.165, 1.54) is 0 Å². The molecular formula is C10H16N2O. The van der Waals surface area contributed by atoms with E-state index in [0.717, 1.165) is 17.8 Å². The van der Waals surface area contributed by atoms with Crippen LogP contribution < -0.4 is 11.2 Å². The highest BCUT2D eigenvalue weighted by Crippen LogP contribution is 2.11. The Kier molecular flexibility index (Phi) is 3.58. The van der Waals surface area contributed by atoms with Crippen molar-refractivity contribution in [1.29, 1.82) is 0 Å². The van der Waals surface area contributed by atoms with E-state index in [2.05, 4.69) is 12.4 Å². The van der Waals surface area contributed by atoms with Crippen molar-refractivity contribution in [2.75, 3.05) is 11.2 Å². The number of hydrogen-bond donors (Lipinski definition) is 2. The molecule has 1 atom stereocenters. The van der Waals surface area contributed by atoms with Crippen molar-refractivity contribution >= 4 is 11.4 Å². The predicted molar refractivity (Wildman–Crippen MR) is 55.3 cm³/mol. The predicted octanol–water partition coefficient (Wildman–Crippen LogP) is 2.41. The lowest BCUT2D eigenvalue weighted by molar-refractivity contribution is 0.112. The van der Waals surface area contributed by atoms with Gasteiger partial charge in [0, 0.05) is 5.69 Å². The van der Waals surface area contributed by atoms with Gasteiger partial charge in [-0.05, 0) is 37.6 Å². The van der Waals surface area contributed by atoms with Crippen LogP contribution in [0.2, 0.25) is 0 Å². The highest BCUT2D eigenvalue weighted by atomic mass is 16.7. The van der Waals surface area contributed by atoms with Crippen LogP contribution in [0.5, 0.6) is 0 Å². The van der Waals surface area contributed by atoms with E-state index < -0.39 is 0 Å². The number of anilines is 2. The highest BCUT2D eigenvalue weighted by Gasteiger charge is 1.97. The molecule has 0 aliphatic heterocycles. The fourth-order valence-electron chi connectivity index (χ4n) is 0.803. The van der Waals surface area contributed by atoms with Gasteiger partial charge >= 0.3 is 0 Å². The monoisotopic (exact) mass is 180 g/mol. The third kappa shape index (κ3) is 3.34. The molecule has 13 heavy (non-hydrogen) atoms. The molecule has 0 aliphatic rings. The van der Waals surface area contributed by atoms with Crippen molar-refractivity contribution in [2.24, 2.45) is 0 Å². The largest absolute Gasteiger partial charge is 0.399 e. The number of hydrogen-bond acceptors (Lipinski definition) is 3. The Morgan fingerprint density at radius 2 is 2.00 bits per heavy atom. The number of nitrogens with two attached hydrogens (primary N) is 1. The van der Waals surface area contributed by atoms with Gasteiger partial charge in [0.15, 0.2) is 0 Å². The normalized spacial score (nSPS) is 12.5. The average molecular weight is 180 g/mol. The van der Waals surface area contributed by atoms with E-state index >= 15 is 0 Å². The molecule has 0 aliphatic carbocycles. The zero-order valence-electron chi connectivity index (χ0n) is 8.08. The maximum absolute atomic E-state index is 5.54. The Balaban J connectivity index is 2.41. The molecule has 3 heteroatoms. The van der Waals surface area contributed by atoms with Crippen molar-refractivity contribution in [3.63, 3.8) is 0 Å². The topological polar surface area (TPSA) is 47.3 Å². The Bertz CT molecular complexity index is 246. The minimum atomic E-state index is 0.220. The van der Waals surface area contributed by atoms with Crippen molar-refractivity contribution in [3.05, 3.63) is 24.3 Å². The van der Waals surface area contributed by atoms with E-state index in [1.54, 1.807) is 0 Å². The minimum Gasteiger partial charge on any atom is -0.399 e. The molecule has 3 N–H and O–H groups in total. The molecule has 0 bridgehead atoms. The van der Waals surface area contributed by atoms with E-state index in [-0.39, 0.29) is 6.10 Å². The molecular weight excluding hydrogens is 164 g/mol. The van der Waals surface area contributed by atoms with Crippen LogP contribution in [-0.2, 0) is 4.84 Å². The van der Waals surface area contributed by atoms with Gasteiger partial charge in [-0.15, -0.1) is 0 Å². The quantitative estimate of drug-likeness (QED) is 0.552. The van der Waals surface area contributed by atoms with Crippen LogP contribution in [-0.4, -0.2) is 6.10 Å². The zero-order chi connectivity index (χ0) is 9.68. The van der Waals surface area contributed by atoms with Crippen LogP contribution in [0.3, 0.4) is 0 Å². The highest BCUT2D eigenvalue weighted by molar-refractivity contribution is 5.49. The fourth-order valence-corrected chi connectivity index (χ4v) is 0.803. The van der Waals surface area contributed by atoms with Crippen LogP contribution in [0.15, 0.2) is 24.3 Å². The molecule has 0 saturated heterocycles. The van der Waals surface area contributed by atoms with Crippen LogP contribution in [0.25, 0.3) is 0 Å². The molecule has 0 aromatic heterocycles. The SMILES string of the molecule is CCC(C)ONc1ccc(N)cc1. The second-order valence-corrected chi connectivity index (χ2v) is 3.06. The van der Waals surface area contributed by atoms with Crippen molar-refractivity contribution in [3.8, 4) is 0 Å². The molecule has 0 radical (unpaired) electrons. The zero-order valence-corrected chi connectivity index (χ0v) is 8.08. The van der Waals surface area contributed by atoms with Crippen LogP contribution >= 0.6 is 0 Å². The van der Waals surface area contributed by atoms with Gasteiger partial charge in [-0.25, -0.2) is 0 Å². The summed E-state index contributed by atoms with van der Waals surface area (Å²) in [5.74, 6) is 0. The summed E-state index contributed by atoms with van der Waals surface area (Å²) in [6.07, 6.45) is 1.21. The maximum atomic E-state index is 5.54. The minimum absolute atomic E-state index is 0.220. The summed E-state index contributed by atoms with van der Waals surface area (Å²) in [5.41, 5.74) is 10.1. The van der Waals surface area contributed by atoms with Gasteiger partial charge in [-0.3, -0.25) is 10.3 Å². The van der Waals surface area contributed by atoms with Crippen LogP contribution in [0.4, 0.5) is 11.4 Å². The second-order valence-electron chi connectivity index (χ2n) is 3.06. The van der Waals surface area contributed by atoms with Crippen LogP contribution in [0, 0.1) is 0 Å². The van der Waals surface area contributed by atoms with E-state index in [4.69, 9.17) is 10.6 Å². The Hall–Kier alpha value is -1.22. The number of benzene rings is 1. The molecule has 1 aromatic carbocycles. The molecule has 1 rings (SSSR count). The standard InChI is InChI=1S/C10H16N2O/c1-3-8(2)13-12-10-6-4-9(11)5-7-10/h4-8,12H,3,11H2,1-2H3. The third-order valence-electron chi connectivity index (χ3n) is 1.86. The fraction of sp³-hybridized carbons (Fsp3) is 0.400. The van der Waals surface area contributed by atoms with Crippen molar-refractivity contribution in [2.45, 2.75) is 26.4 Å². The first-order chi connectivity index (χ1) is 6.22. The Morgan fingerprint density at radius 1 is 1.38 bits per heavy atom. The van der Waals surface area contributed by atoms with Gasteiger partial charge in [0.1, 0.15) is 0 Å².